The summed E-state index contributed by atoms with van der Waals surface area (Å²) in [5.41, 5.74) is 1.93. The average molecular weight is 378 g/mol. The van der Waals surface area contributed by atoms with Crippen molar-refractivity contribution in [3.63, 3.8) is 0 Å². The van der Waals surface area contributed by atoms with Gasteiger partial charge >= 0.3 is 0 Å². The minimum Gasteiger partial charge on any atom is -0.491 e. The lowest BCUT2D eigenvalue weighted by Gasteiger charge is -2.18. The van der Waals surface area contributed by atoms with E-state index in [9.17, 15) is 9.90 Å². The van der Waals surface area contributed by atoms with Gasteiger partial charge in [0.2, 0.25) is 0 Å². The van der Waals surface area contributed by atoms with Crippen LogP contribution < -0.4 is 14.8 Å². The Labute approximate surface area is 158 Å². The van der Waals surface area contributed by atoms with E-state index in [1.165, 1.54) is 0 Å². The van der Waals surface area contributed by atoms with E-state index >= 15 is 0 Å². The van der Waals surface area contributed by atoms with Crippen LogP contribution in [0.5, 0.6) is 11.5 Å². The topological polar surface area (TPSA) is 67.8 Å². The van der Waals surface area contributed by atoms with Crippen LogP contribution in [0.15, 0.2) is 42.5 Å². The normalized spacial score (nSPS) is 13.0. The first-order chi connectivity index (χ1) is 12.3. The second-order valence-corrected chi connectivity index (χ2v) is 6.63. The highest BCUT2D eigenvalue weighted by Crippen LogP contribution is 2.22. The molecule has 2 atom stereocenters. The standard InChI is InChI=1S/C20H24ClNO4/c1-13-5-4-6-18(9-13)25-12-17(23)11-22-20(24)15(3)26-19-8-7-16(21)10-14(19)2/h4-10,15,17,23H,11-12H2,1-3H3,(H,22,24). The van der Waals surface area contributed by atoms with E-state index in [4.69, 9.17) is 21.1 Å². The number of aliphatic hydroxyl groups excluding tert-OH is 1. The summed E-state index contributed by atoms with van der Waals surface area (Å²) in [6.45, 7) is 5.65. The summed E-state index contributed by atoms with van der Waals surface area (Å²) in [6.07, 6.45) is -1.51. The third-order valence-corrected chi connectivity index (χ3v) is 3.99. The maximum Gasteiger partial charge on any atom is 0.260 e. The van der Waals surface area contributed by atoms with E-state index in [0.717, 1.165) is 11.1 Å². The molecule has 0 aliphatic heterocycles. The minimum atomic E-state index is -0.816. The van der Waals surface area contributed by atoms with E-state index in [1.54, 1.807) is 25.1 Å². The summed E-state index contributed by atoms with van der Waals surface area (Å²) in [5.74, 6) is 0.972. The SMILES string of the molecule is Cc1cccc(OCC(O)CNC(=O)C(C)Oc2ccc(Cl)cc2C)c1. The molecule has 0 saturated carbocycles. The van der Waals surface area contributed by atoms with E-state index in [-0.39, 0.29) is 19.1 Å². The van der Waals surface area contributed by atoms with Gasteiger partial charge in [-0.3, -0.25) is 4.79 Å². The first kappa shape index (κ1) is 20.1. The van der Waals surface area contributed by atoms with Crippen molar-refractivity contribution in [1.29, 1.82) is 0 Å². The second kappa shape index (κ2) is 9.46. The molecule has 2 unspecified atom stereocenters. The Hall–Kier alpha value is -2.24. The number of ether oxygens (including phenoxy) is 2. The Morgan fingerprint density at radius 1 is 1.23 bits per heavy atom. The van der Waals surface area contributed by atoms with Crippen LogP contribution in [-0.2, 0) is 4.79 Å². The Bertz CT molecular complexity index is 750. The molecule has 26 heavy (non-hydrogen) atoms. The Balaban J connectivity index is 1.76. The summed E-state index contributed by atoms with van der Waals surface area (Å²) in [6, 6.07) is 12.8. The van der Waals surface area contributed by atoms with E-state index < -0.39 is 12.2 Å². The maximum atomic E-state index is 12.1. The summed E-state index contributed by atoms with van der Waals surface area (Å²) in [7, 11) is 0. The first-order valence-electron chi connectivity index (χ1n) is 8.43. The molecule has 2 aromatic carbocycles. The maximum absolute atomic E-state index is 12.1. The number of halogens is 1. The summed E-state index contributed by atoms with van der Waals surface area (Å²) in [4.78, 5) is 12.1. The van der Waals surface area contributed by atoms with Crippen molar-refractivity contribution in [3.05, 3.63) is 58.6 Å². The summed E-state index contributed by atoms with van der Waals surface area (Å²) in [5, 5.41) is 13.3. The smallest absolute Gasteiger partial charge is 0.260 e. The first-order valence-corrected chi connectivity index (χ1v) is 8.81. The highest BCUT2D eigenvalue weighted by molar-refractivity contribution is 6.30. The van der Waals surface area contributed by atoms with Crippen LogP contribution in [0.2, 0.25) is 5.02 Å². The molecule has 0 bridgehead atoms. The number of rotatable bonds is 8. The average Bonchev–Trinajstić information content (AvgIpc) is 2.60. The molecule has 0 aliphatic rings. The van der Waals surface area contributed by atoms with Crippen molar-refractivity contribution >= 4 is 17.5 Å². The zero-order chi connectivity index (χ0) is 19.1. The number of hydrogen-bond acceptors (Lipinski definition) is 4. The molecule has 6 heteroatoms. The molecular formula is C20H24ClNO4. The summed E-state index contributed by atoms with van der Waals surface area (Å²) < 4.78 is 11.2. The lowest BCUT2D eigenvalue weighted by Crippen LogP contribution is -2.41. The fourth-order valence-electron chi connectivity index (χ4n) is 2.31. The van der Waals surface area contributed by atoms with Gasteiger partial charge in [-0.25, -0.2) is 0 Å². The molecule has 0 radical (unpaired) electrons. The van der Waals surface area contributed by atoms with Crippen LogP contribution in [0.4, 0.5) is 0 Å². The zero-order valence-corrected chi connectivity index (χ0v) is 15.9. The number of hydrogen-bond donors (Lipinski definition) is 2. The van der Waals surface area contributed by atoms with Crippen LogP contribution in [0.25, 0.3) is 0 Å². The van der Waals surface area contributed by atoms with Crippen LogP contribution in [0.1, 0.15) is 18.1 Å². The largest absolute Gasteiger partial charge is 0.491 e. The van der Waals surface area contributed by atoms with Gasteiger partial charge in [-0.15, -0.1) is 0 Å². The fourth-order valence-corrected chi connectivity index (χ4v) is 2.53. The molecule has 0 heterocycles. The highest BCUT2D eigenvalue weighted by Gasteiger charge is 2.17. The number of nitrogens with one attached hydrogen (secondary N) is 1. The monoisotopic (exact) mass is 377 g/mol. The molecule has 0 fully saturated rings. The second-order valence-electron chi connectivity index (χ2n) is 6.20. The van der Waals surface area contributed by atoms with Crippen molar-refractivity contribution in [2.75, 3.05) is 13.2 Å². The highest BCUT2D eigenvalue weighted by atomic mass is 35.5. The predicted octanol–water partition coefficient (Wildman–Crippen LogP) is 3.28. The Morgan fingerprint density at radius 2 is 2.00 bits per heavy atom. The third-order valence-electron chi connectivity index (χ3n) is 3.75. The van der Waals surface area contributed by atoms with Gasteiger partial charge in [0.05, 0.1) is 0 Å². The number of aryl methyl sites for hydroxylation is 2. The van der Waals surface area contributed by atoms with Gasteiger partial charge < -0.3 is 19.9 Å². The van der Waals surface area contributed by atoms with E-state index in [0.29, 0.717) is 16.5 Å². The number of benzene rings is 2. The van der Waals surface area contributed by atoms with Crippen molar-refractivity contribution in [2.45, 2.75) is 33.0 Å². The van der Waals surface area contributed by atoms with Crippen LogP contribution in [0, 0.1) is 13.8 Å². The fraction of sp³-hybridized carbons (Fsp3) is 0.350. The quantitative estimate of drug-likeness (QED) is 0.740. The zero-order valence-electron chi connectivity index (χ0n) is 15.2. The van der Waals surface area contributed by atoms with E-state index in [2.05, 4.69) is 5.32 Å². The number of amides is 1. The molecular weight excluding hydrogens is 354 g/mol. The molecule has 1 amide bonds. The lowest BCUT2D eigenvalue weighted by molar-refractivity contribution is -0.127. The molecule has 2 aromatic rings. The lowest BCUT2D eigenvalue weighted by atomic mass is 10.2. The van der Waals surface area contributed by atoms with Crippen molar-refractivity contribution in [2.24, 2.45) is 0 Å². The Kier molecular flexibility index (Phi) is 7.30. The van der Waals surface area contributed by atoms with E-state index in [1.807, 2.05) is 38.1 Å². The molecule has 140 valence electrons. The molecule has 0 aliphatic carbocycles. The number of carbonyl (C=O) groups excluding carboxylic acids is 1. The number of carbonyl (C=O) groups is 1. The van der Waals surface area contributed by atoms with Crippen molar-refractivity contribution in [1.82, 2.24) is 5.32 Å². The van der Waals surface area contributed by atoms with Gasteiger partial charge in [0.15, 0.2) is 6.10 Å². The molecule has 0 aromatic heterocycles. The van der Waals surface area contributed by atoms with Crippen LogP contribution >= 0.6 is 11.6 Å². The summed E-state index contributed by atoms with van der Waals surface area (Å²) >= 11 is 5.91. The van der Waals surface area contributed by atoms with Gasteiger partial charge in [-0.2, -0.15) is 0 Å². The van der Waals surface area contributed by atoms with Gasteiger partial charge in [0.1, 0.15) is 24.2 Å². The molecule has 2 rings (SSSR count). The predicted molar refractivity (Wildman–Crippen MR) is 102 cm³/mol. The molecule has 5 nitrogen and oxygen atoms in total. The van der Waals surface area contributed by atoms with Gasteiger partial charge in [0, 0.05) is 11.6 Å². The third kappa shape index (κ3) is 6.24. The van der Waals surface area contributed by atoms with Gasteiger partial charge in [-0.05, 0) is 62.2 Å². The van der Waals surface area contributed by atoms with Gasteiger partial charge in [-0.1, -0.05) is 23.7 Å². The molecule has 0 saturated heterocycles. The minimum absolute atomic E-state index is 0.0813. The van der Waals surface area contributed by atoms with Crippen LogP contribution in [-0.4, -0.2) is 36.4 Å². The van der Waals surface area contributed by atoms with Crippen molar-refractivity contribution in [3.8, 4) is 11.5 Å². The van der Waals surface area contributed by atoms with Crippen LogP contribution in [0.3, 0.4) is 0 Å². The number of aliphatic hydroxyl groups is 1. The van der Waals surface area contributed by atoms with Crippen molar-refractivity contribution < 1.29 is 19.4 Å². The molecule has 2 N–H and O–H groups in total. The van der Waals surface area contributed by atoms with Gasteiger partial charge in [0.25, 0.3) is 5.91 Å². The molecule has 0 spiro atoms. The Morgan fingerprint density at radius 3 is 2.69 bits per heavy atom.